The number of hydrogen-bond donors (Lipinski definition) is 2. The number of aromatic amines is 1. The third-order valence-electron chi connectivity index (χ3n) is 3.38. The molecule has 4 nitrogen and oxygen atoms in total. The summed E-state index contributed by atoms with van der Waals surface area (Å²) in [6.45, 7) is -1.37. The number of anilines is 1. The van der Waals surface area contributed by atoms with Crippen molar-refractivity contribution in [2.45, 2.75) is 6.18 Å². The van der Waals surface area contributed by atoms with Crippen LogP contribution in [-0.4, -0.2) is 23.7 Å². The van der Waals surface area contributed by atoms with E-state index in [4.69, 9.17) is 11.6 Å². The number of aromatic nitrogens is 1. The zero-order chi connectivity index (χ0) is 18.0. The van der Waals surface area contributed by atoms with Gasteiger partial charge in [-0.05, 0) is 30.3 Å². The highest BCUT2D eigenvalue weighted by Gasteiger charge is 2.28. The second-order valence-corrected chi connectivity index (χ2v) is 5.62. The Morgan fingerprint density at radius 3 is 2.44 bits per heavy atom. The number of carbonyl (C=O) groups is 1. The van der Waals surface area contributed by atoms with Crippen molar-refractivity contribution in [3.05, 3.63) is 59.2 Å². The van der Waals surface area contributed by atoms with Crippen LogP contribution in [0.2, 0.25) is 5.02 Å². The van der Waals surface area contributed by atoms with Gasteiger partial charge in [0.25, 0.3) is 5.91 Å². The molecule has 0 atom stereocenters. The van der Waals surface area contributed by atoms with E-state index in [-0.39, 0.29) is 11.4 Å². The molecule has 8 heteroatoms. The van der Waals surface area contributed by atoms with Gasteiger partial charge in [-0.3, -0.25) is 4.79 Å². The molecule has 0 fully saturated rings. The van der Waals surface area contributed by atoms with E-state index < -0.39 is 18.7 Å². The molecule has 0 saturated carbocycles. The second kappa shape index (κ2) is 6.68. The highest BCUT2D eigenvalue weighted by atomic mass is 35.5. The molecule has 3 aromatic rings. The topological polar surface area (TPSA) is 54.1 Å². The summed E-state index contributed by atoms with van der Waals surface area (Å²) in [6.07, 6.45) is -4.40. The van der Waals surface area contributed by atoms with Gasteiger partial charge in [0.05, 0.1) is 5.02 Å². The van der Waals surface area contributed by atoms with Crippen LogP contribution in [0.3, 0.4) is 0 Å². The SMILES string of the molecule is O=C(Nc1ccc(OCC(F)(F)F)cc1)c1[nH]c2ccccc2c1Cl. The maximum atomic E-state index is 12.3. The van der Waals surface area contributed by atoms with Gasteiger partial charge in [-0.1, -0.05) is 29.8 Å². The number of H-pyrrole nitrogens is 1. The molecule has 1 heterocycles. The number of benzene rings is 2. The Hall–Kier alpha value is -2.67. The van der Waals surface area contributed by atoms with E-state index in [0.717, 1.165) is 10.9 Å². The highest BCUT2D eigenvalue weighted by molar-refractivity contribution is 6.39. The van der Waals surface area contributed by atoms with Crippen LogP contribution < -0.4 is 10.1 Å². The molecule has 1 amide bonds. The minimum atomic E-state index is -4.40. The van der Waals surface area contributed by atoms with Gasteiger partial charge in [-0.15, -0.1) is 0 Å². The van der Waals surface area contributed by atoms with E-state index in [1.807, 2.05) is 12.1 Å². The van der Waals surface area contributed by atoms with Crippen molar-refractivity contribution < 1.29 is 22.7 Å². The molecular weight excluding hydrogens is 357 g/mol. The van der Waals surface area contributed by atoms with Crippen LogP contribution in [0.15, 0.2) is 48.5 Å². The van der Waals surface area contributed by atoms with Crippen LogP contribution in [0, 0.1) is 0 Å². The Kier molecular flexibility index (Phi) is 4.59. The monoisotopic (exact) mass is 368 g/mol. The number of halogens is 4. The molecule has 2 N–H and O–H groups in total. The number of alkyl halides is 3. The van der Waals surface area contributed by atoms with Crippen molar-refractivity contribution >= 4 is 34.1 Å². The van der Waals surface area contributed by atoms with Gasteiger partial charge in [0.2, 0.25) is 0 Å². The molecule has 0 unspecified atom stereocenters. The Labute approximate surface area is 145 Å². The zero-order valence-corrected chi connectivity index (χ0v) is 13.4. The van der Waals surface area contributed by atoms with Crippen LogP contribution in [0.1, 0.15) is 10.5 Å². The Morgan fingerprint density at radius 2 is 1.80 bits per heavy atom. The Bertz CT molecular complexity index is 904. The van der Waals surface area contributed by atoms with Crippen molar-refractivity contribution in [1.82, 2.24) is 4.98 Å². The smallest absolute Gasteiger partial charge is 0.422 e. The summed E-state index contributed by atoms with van der Waals surface area (Å²) in [5.74, 6) is -0.399. The number of nitrogens with one attached hydrogen (secondary N) is 2. The molecule has 0 bridgehead atoms. The fourth-order valence-corrected chi connectivity index (χ4v) is 2.56. The van der Waals surface area contributed by atoms with Crippen LogP contribution in [0.5, 0.6) is 5.75 Å². The number of fused-ring (bicyclic) bond motifs is 1. The lowest BCUT2D eigenvalue weighted by Gasteiger charge is -2.10. The van der Waals surface area contributed by atoms with Crippen LogP contribution in [-0.2, 0) is 0 Å². The zero-order valence-electron chi connectivity index (χ0n) is 12.7. The first-order chi connectivity index (χ1) is 11.8. The summed E-state index contributed by atoms with van der Waals surface area (Å²) in [4.78, 5) is 15.3. The largest absolute Gasteiger partial charge is 0.484 e. The third kappa shape index (κ3) is 4.06. The number of hydrogen-bond acceptors (Lipinski definition) is 2. The first-order valence-corrected chi connectivity index (χ1v) is 7.58. The Morgan fingerprint density at radius 1 is 1.12 bits per heavy atom. The van der Waals surface area contributed by atoms with E-state index in [1.165, 1.54) is 24.3 Å². The fraction of sp³-hybridized carbons (Fsp3) is 0.118. The standard InChI is InChI=1S/C17H12ClF3N2O2/c18-14-12-3-1-2-4-13(12)23-15(14)16(24)22-10-5-7-11(8-6-10)25-9-17(19,20)21/h1-8,23H,9H2,(H,22,24). The van der Waals surface area contributed by atoms with Crippen molar-refractivity contribution in [2.75, 3.05) is 11.9 Å². The molecule has 1 aromatic heterocycles. The number of amides is 1. The molecule has 25 heavy (non-hydrogen) atoms. The normalized spacial score (nSPS) is 11.5. The minimum Gasteiger partial charge on any atom is -0.484 e. The summed E-state index contributed by atoms with van der Waals surface area (Å²) in [5, 5.41) is 3.66. The molecule has 0 saturated heterocycles. The predicted molar refractivity (Wildman–Crippen MR) is 89.3 cm³/mol. The van der Waals surface area contributed by atoms with Crippen molar-refractivity contribution in [1.29, 1.82) is 0 Å². The van der Waals surface area contributed by atoms with E-state index >= 15 is 0 Å². The average Bonchev–Trinajstić information content (AvgIpc) is 2.91. The number of carbonyl (C=O) groups excluding carboxylic acids is 1. The molecule has 0 spiro atoms. The summed E-state index contributed by atoms with van der Waals surface area (Å²) < 4.78 is 40.9. The summed E-state index contributed by atoms with van der Waals surface area (Å²) in [5.41, 5.74) is 1.34. The summed E-state index contributed by atoms with van der Waals surface area (Å²) >= 11 is 6.21. The number of para-hydroxylation sites is 1. The lowest BCUT2D eigenvalue weighted by molar-refractivity contribution is -0.153. The molecule has 3 rings (SSSR count). The lowest BCUT2D eigenvalue weighted by Crippen LogP contribution is -2.19. The first kappa shape index (κ1) is 17.2. The van der Waals surface area contributed by atoms with Crippen molar-refractivity contribution in [2.24, 2.45) is 0 Å². The molecule has 2 aromatic carbocycles. The maximum absolute atomic E-state index is 12.3. The molecule has 130 valence electrons. The molecule has 0 aliphatic carbocycles. The average molecular weight is 369 g/mol. The summed E-state index contributed by atoms with van der Waals surface area (Å²) in [6, 6.07) is 12.8. The summed E-state index contributed by atoms with van der Waals surface area (Å²) in [7, 11) is 0. The third-order valence-corrected chi connectivity index (χ3v) is 3.78. The van der Waals surface area contributed by atoms with Crippen LogP contribution in [0.4, 0.5) is 18.9 Å². The molecular formula is C17H12ClF3N2O2. The fourth-order valence-electron chi connectivity index (χ4n) is 2.26. The highest BCUT2D eigenvalue weighted by Crippen LogP contribution is 2.28. The molecule has 0 aliphatic rings. The van der Waals surface area contributed by atoms with Crippen LogP contribution in [0.25, 0.3) is 10.9 Å². The van der Waals surface area contributed by atoms with Crippen LogP contribution >= 0.6 is 11.6 Å². The van der Waals surface area contributed by atoms with E-state index in [9.17, 15) is 18.0 Å². The van der Waals surface area contributed by atoms with Gasteiger partial charge in [-0.2, -0.15) is 13.2 Å². The predicted octanol–water partition coefficient (Wildman–Crippen LogP) is 5.01. The van der Waals surface area contributed by atoms with Crippen molar-refractivity contribution in [3.8, 4) is 5.75 Å². The van der Waals surface area contributed by atoms with E-state index in [0.29, 0.717) is 10.7 Å². The van der Waals surface area contributed by atoms with E-state index in [2.05, 4.69) is 15.0 Å². The minimum absolute atomic E-state index is 0.0546. The first-order valence-electron chi connectivity index (χ1n) is 7.21. The quantitative estimate of drug-likeness (QED) is 0.679. The Balaban J connectivity index is 1.71. The van der Waals surface area contributed by atoms with Gasteiger partial charge in [0.15, 0.2) is 6.61 Å². The molecule has 0 radical (unpaired) electrons. The van der Waals surface area contributed by atoms with Gasteiger partial charge >= 0.3 is 6.18 Å². The molecule has 0 aliphatic heterocycles. The lowest BCUT2D eigenvalue weighted by atomic mass is 10.2. The van der Waals surface area contributed by atoms with E-state index in [1.54, 1.807) is 12.1 Å². The van der Waals surface area contributed by atoms with Crippen molar-refractivity contribution in [3.63, 3.8) is 0 Å². The second-order valence-electron chi connectivity index (χ2n) is 5.24. The van der Waals surface area contributed by atoms with Gasteiger partial charge < -0.3 is 15.0 Å². The number of ether oxygens (including phenoxy) is 1. The van der Waals surface area contributed by atoms with Gasteiger partial charge in [0, 0.05) is 16.6 Å². The number of rotatable bonds is 4. The van der Waals surface area contributed by atoms with Gasteiger partial charge in [0.1, 0.15) is 11.4 Å². The van der Waals surface area contributed by atoms with Gasteiger partial charge in [-0.25, -0.2) is 0 Å². The maximum Gasteiger partial charge on any atom is 0.422 e.